The molecule has 2 fully saturated rings. The molecule has 2 aliphatic rings. The molecule has 0 spiro atoms. The summed E-state index contributed by atoms with van der Waals surface area (Å²) in [6.07, 6.45) is 2.54. The van der Waals surface area contributed by atoms with Gasteiger partial charge in [0.1, 0.15) is 0 Å². The molecule has 1 aromatic rings. The van der Waals surface area contributed by atoms with E-state index in [9.17, 15) is 8.42 Å². The zero-order chi connectivity index (χ0) is 18.0. The van der Waals surface area contributed by atoms with E-state index in [2.05, 4.69) is 24.1 Å². The Morgan fingerprint density at radius 2 is 1.84 bits per heavy atom. The standard InChI is InChI=1S/C19H31N3O2S/c1-15(2)21-10-4-5-17(12-21)11-20-18-13-22(14-18)25(23,24)19-8-6-16(3)7-9-19/h6-9,15,17-18,20H,4-5,10-14H2,1-3H3/t17-/m0/s1. The molecule has 140 valence electrons. The third-order valence-electron chi connectivity index (χ3n) is 5.48. The molecule has 0 unspecified atom stereocenters. The third kappa shape index (κ3) is 4.42. The van der Waals surface area contributed by atoms with Gasteiger partial charge >= 0.3 is 0 Å². The van der Waals surface area contributed by atoms with Crippen molar-refractivity contribution in [3.63, 3.8) is 0 Å². The predicted octanol–water partition coefficient (Wildman–Crippen LogP) is 2.08. The molecule has 5 nitrogen and oxygen atoms in total. The summed E-state index contributed by atoms with van der Waals surface area (Å²) in [5.74, 6) is 0.680. The van der Waals surface area contributed by atoms with Crippen molar-refractivity contribution in [2.45, 2.75) is 50.6 Å². The molecule has 0 bridgehead atoms. The minimum absolute atomic E-state index is 0.287. The van der Waals surface area contributed by atoms with Gasteiger partial charge in [-0.1, -0.05) is 17.7 Å². The number of rotatable bonds is 6. The van der Waals surface area contributed by atoms with Crippen LogP contribution in [0.4, 0.5) is 0 Å². The highest BCUT2D eigenvalue weighted by atomic mass is 32.2. The SMILES string of the molecule is Cc1ccc(S(=O)(=O)N2CC(NC[C@@H]3CCCN(C(C)C)C3)C2)cc1. The lowest BCUT2D eigenvalue weighted by Crippen LogP contribution is -2.60. The average Bonchev–Trinajstić information content (AvgIpc) is 2.54. The molecule has 25 heavy (non-hydrogen) atoms. The molecule has 6 heteroatoms. The Morgan fingerprint density at radius 1 is 1.16 bits per heavy atom. The van der Waals surface area contributed by atoms with Crippen molar-refractivity contribution >= 4 is 10.0 Å². The molecule has 2 heterocycles. The van der Waals surface area contributed by atoms with Crippen LogP contribution in [0.2, 0.25) is 0 Å². The van der Waals surface area contributed by atoms with Gasteiger partial charge in [-0.2, -0.15) is 4.31 Å². The van der Waals surface area contributed by atoms with Crippen LogP contribution in [-0.4, -0.2) is 62.4 Å². The van der Waals surface area contributed by atoms with Gasteiger partial charge in [0.15, 0.2) is 0 Å². The zero-order valence-corrected chi connectivity index (χ0v) is 16.4. The van der Waals surface area contributed by atoms with Crippen LogP contribution in [0.1, 0.15) is 32.3 Å². The zero-order valence-electron chi connectivity index (χ0n) is 15.6. The summed E-state index contributed by atoms with van der Waals surface area (Å²) in [5.41, 5.74) is 1.07. The first-order chi connectivity index (χ1) is 11.9. The lowest BCUT2D eigenvalue weighted by Gasteiger charge is -2.40. The van der Waals surface area contributed by atoms with E-state index < -0.39 is 10.0 Å². The van der Waals surface area contributed by atoms with Crippen molar-refractivity contribution in [3.8, 4) is 0 Å². The maximum Gasteiger partial charge on any atom is 0.243 e. The highest BCUT2D eigenvalue weighted by Gasteiger charge is 2.36. The van der Waals surface area contributed by atoms with Gasteiger partial charge in [0.2, 0.25) is 10.0 Å². The normalized spacial score (nSPS) is 23.8. The number of nitrogens with zero attached hydrogens (tertiary/aromatic N) is 2. The Labute approximate surface area is 152 Å². The smallest absolute Gasteiger partial charge is 0.243 e. The number of aryl methyl sites for hydroxylation is 1. The minimum Gasteiger partial charge on any atom is -0.311 e. The Balaban J connectivity index is 1.46. The van der Waals surface area contributed by atoms with Crippen LogP contribution >= 0.6 is 0 Å². The molecule has 1 aromatic carbocycles. The molecular weight excluding hydrogens is 334 g/mol. The van der Waals surface area contributed by atoms with Gasteiger partial charge in [0.25, 0.3) is 0 Å². The first-order valence-electron chi connectivity index (χ1n) is 9.40. The summed E-state index contributed by atoms with van der Waals surface area (Å²) in [7, 11) is -3.33. The maximum atomic E-state index is 12.6. The maximum absolute atomic E-state index is 12.6. The van der Waals surface area contributed by atoms with Crippen LogP contribution in [0.15, 0.2) is 29.2 Å². The van der Waals surface area contributed by atoms with E-state index >= 15 is 0 Å². The molecular formula is C19H31N3O2S. The highest BCUT2D eigenvalue weighted by molar-refractivity contribution is 7.89. The summed E-state index contributed by atoms with van der Waals surface area (Å²) < 4.78 is 26.8. The van der Waals surface area contributed by atoms with Crippen LogP contribution < -0.4 is 5.32 Å². The Hall–Kier alpha value is -0.950. The summed E-state index contributed by atoms with van der Waals surface area (Å²) in [6.45, 7) is 11.0. The van der Waals surface area contributed by atoms with E-state index in [0.717, 1.165) is 18.7 Å². The van der Waals surface area contributed by atoms with Gasteiger partial charge in [0.05, 0.1) is 4.90 Å². The van der Waals surface area contributed by atoms with Gasteiger partial charge < -0.3 is 10.2 Å². The molecule has 2 saturated heterocycles. The van der Waals surface area contributed by atoms with Gasteiger partial charge in [-0.25, -0.2) is 8.42 Å². The van der Waals surface area contributed by atoms with E-state index in [4.69, 9.17) is 0 Å². The van der Waals surface area contributed by atoms with E-state index in [1.807, 2.05) is 19.1 Å². The number of likely N-dealkylation sites (tertiary alicyclic amines) is 1. The highest BCUT2D eigenvalue weighted by Crippen LogP contribution is 2.23. The summed E-state index contributed by atoms with van der Waals surface area (Å²) in [4.78, 5) is 2.95. The molecule has 1 N–H and O–H groups in total. The topological polar surface area (TPSA) is 52.7 Å². The number of hydrogen-bond acceptors (Lipinski definition) is 4. The van der Waals surface area contributed by atoms with Crippen molar-refractivity contribution in [2.24, 2.45) is 5.92 Å². The Kier molecular flexibility index (Phi) is 5.83. The van der Waals surface area contributed by atoms with Crippen LogP contribution in [0.25, 0.3) is 0 Å². The molecule has 0 aliphatic carbocycles. The van der Waals surface area contributed by atoms with E-state index in [-0.39, 0.29) is 6.04 Å². The predicted molar refractivity (Wildman–Crippen MR) is 101 cm³/mol. The number of hydrogen-bond donors (Lipinski definition) is 1. The summed E-state index contributed by atoms with van der Waals surface area (Å²) >= 11 is 0. The minimum atomic E-state index is -3.33. The molecule has 0 amide bonds. The number of nitrogens with one attached hydrogen (secondary N) is 1. The average molecular weight is 366 g/mol. The van der Waals surface area contributed by atoms with Crippen molar-refractivity contribution in [1.82, 2.24) is 14.5 Å². The number of piperidine rings is 1. The summed E-state index contributed by atoms with van der Waals surface area (Å²) in [5, 5.41) is 3.58. The first-order valence-corrected chi connectivity index (χ1v) is 10.8. The molecule has 0 radical (unpaired) electrons. The van der Waals surface area contributed by atoms with Gasteiger partial charge in [0, 0.05) is 31.7 Å². The van der Waals surface area contributed by atoms with Gasteiger partial charge in [-0.3, -0.25) is 0 Å². The van der Waals surface area contributed by atoms with Crippen LogP contribution in [-0.2, 0) is 10.0 Å². The number of sulfonamides is 1. The molecule has 3 rings (SSSR count). The third-order valence-corrected chi connectivity index (χ3v) is 7.33. The number of benzene rings is 1. The fourth-order valence-electron chi connectivity index (χ4n) is 3.69. The van der Waals surface area contributed by atoms with Gasteiger partial charge in [-0.15, -0.1) is 0 Å². The van der Waals surface area contributed by atoms with E-state index in [1.165, 1.54) is 19.4 Å². The molecule has 0 saturated carbocycles. The quantitative estimate of drug-likeness (QED) is 0.839. The molecule has 0 aromatic heterocycles. The van der Waals surface area contributed by atoms with Crippen molar-refractivity contribution < 1.29 is 8.42 Å². The van der Waals surface area contributed by atoms with Crippen molar-refractivity contribution in [3.05, 3.63) is 29.8 Å². The summed E-state index contributed by atoms with van der Waals surface area (Å²) in [6, 6.07) is 8.01. The van der Waals surface area contributed by atoms with E-state index in [0.29, 0.717) is 29.9 Å². The lowest BCUT2D eigenvalue weighted by molar-refractivity contribution is 0.130. The Bertz CT molecular complexity index is 666. The van der Waals surface area contributed by atoms with Gasteiger partial charge in [-0.05, 0) is 64.8 Å². The second kappa shape index (κ2) is 7.74. The van der Waals surface area contributed by atoms with Crippen molar-refractivity contribution in [2.75, 3.05) is 32.7 Å². The second-order valence-electron chi connectivity index (χ2n) is 7.84. The Morgan fingerprint density at radius 3 is 2.48 bits per heavy atom. The van der Waals surface area contributed by atoms with Crippen molar-refractivity contribution in [1.29, 1.82) is 0 Å². The van der Waals surface area contributed by atoms with Crippen LogP contribution in [0, 0.1) is 12.8 Å². The fraction of sp³-hybridized carbons (Fsp3) is 0.684. The van der Waals surface area contributed by atoms with Crippen LogP contribution in [0.3, 0.4) is 0 Å². The first kappa shape index (κ1) is 18.8. The molecule has 1 atom stereocenters. The monoisotopic (exact) mass is 365 g/mol. The molecule has 2 aliphatic heterocycles. The second-order valence-corrected chi connectivity index (χ2v) is 9.78. The lowest BCUT2D eigenvalue weighted by atomic mass is 9.96. The largest absolute Gasteiger partial charge is 0.311 e. The van der Waals surface area contributed by atoms with E-state index in [1.54, 1.807) is 16.4 Å². The fourth-order valence-corrected chi connectivity index (χ4v) is 5.22. The van der Waals surface area contributed by atoms with Crippen LogP contribution in [0.5, 0.6) is 0 Å².